The lowest BCUT2D eigenvalue weighted by Gasteiger charge is -2.35. The Bertz CT molecular complexity index is 409. The molecule has 0 amide bonds. The van der Waals surface area contributed by atoms with Gasteiger partial charge in [-0.2, -0.15) is 0 Å². The van der Waals surface area contributed by atoms with Crippen molar-refractivity contribution in [2.75, 3.05) is 19.8 Å². The Morgan fingerprint density at radius 3 is 2.78 bits per heavy atom. The second kappa shape index (κ2) is 4.97. The zero-order valence-electron chi connectivity index (χ0n) is 10.9. The fraction of sp³-hybridized carbons (Fsp3) is 0.846. The fourth-order valence-electron chi connectivity index (χ4n) is 3.16. The summed E-state index contributed by atoms with van der Waals surface area (Å²) in [7, 11) is 0. The van der Waals surface area contributed by atoms with Crippen LogP contribution in [0.4, 0.5) is 0 Å². The minimum Gasteiger partial charge on any atom is -0.381 e. The summed E-state index contributed by atoms with van der Waals surface area (Å²) in [4.78, 5) is 0. The summed E-state index contributed by atoms with van der Waals surface area (Å²) in [5, 5.41) is 8.89. The van der Waals surface area contributed by atoms with E-state index < -0.39 is 0 Å². The molecule has 1 fully saturated rings. The first-order valence-corrected chi connectivity index (χ1v) is 7.06. The Morgan fingerprint density at radius 2 is 2.00 bits per heavy atom. The zero-order chi connectivity index (χ0) is 12.4. The summed E-state index contributed by atoms with van der Waals surface area (Å²) in [6, 6.07) is 0. The molecule has 100 valence electrons. The van der Waals surface area contributed by atoms with Crippen LogP contribution in [0.25, 0.3) is 0 Å². The van der Waals surface area contributed by atoms with Crippen LogP contribution in [-0.4, -0.2) is 34.5 Å². The van der Waals surface area contributed by atoms with Crippen molar-refractivity contribution in [1.29, 1.82) is 0 Å². The zero-order valence-corrected chi connectivity index (χ0v) is 10.9. The Labute approximate surface area is 108 Å². The molecule has 0 aliphatic carbocycles. The fourth-order valence-corrected chi connectivity index (χ4v) is 3.16. The number of aryl methyl sites for hydroxylation is 1. The van der Waals surface area contributed by atoms with E-state index in [1.54, 1.807) is 0 Å². The Balaban J connectivity index is 1.97. The predicted octanol–water partition coefficient (Wildman–Crippen LogP) is 1.01. The molecule has 3 heterocycles. The molecule has 3 rings (SSSR count). The number of hydrogen-bond acceptors (Lipinski definition) is 4. The lowest BCUT2D eigenvalue weighted by Crippen LogP contribution is -2.43. The van der Waals surface area contributed by atoms with Gasteiger partial charge in [0.1, 0.15) is 11.6 Å². The maximum atomic E-state index is 6.06. The minimum absolute atomic E-state index is 0.00611. The minimum atomic E-state index is -0.00611. The number of ether oxygens (including phenoxy) is 1. The van der Waals surface area contributed by atoms with Crippen molar-refractivity contribution in [1.82, 2.24) is 14.8 Å². The van der Waals surface area contributed by atoms with Crippen LogP contribution in [0.3, 0.4) is 0 Å². The molecule has 1 saturated heterocycles. The summed E-state index contributed by atoms with van der Waals surface area (Å²) < 4.78 is 7.82. The standard InChI is InChI=1S/C13H22N4O/c14-10-13(5-8-18-9-6-13)12-16-15-11-4-2-1-3-7-17(11)12/h1-10,14H2. The molecule has 5 nitrogen and oxygen atoms in total. The molecule has 0 bridgehead atoms. The Kier molecular flexibility index (Phi) is 3.35. The van der Waals surface area contributed by atoms with Crippen molar-refractivity contribution >= 4 is 0 Å². The van der Waals surface area contributed by atoms with Crippen LogP contribution in [0.1, 0.15) is 43.8 Å². The Hall–Kier alpha value is -0.940. The van der Waals surface area contributed by atoms with E-state index in [0.29, 0.717) is 6.54 Å². The average molecular weight is 250 g/mol. The van der Waals surface area contributed by atoms with Crippen LogP contribution >= 0.6 is 0 Å². The van der Waals surface area contributed by atoms with Gasteiger partial charge in [-0.3, -0.25) is 0 Å². The van der Waals surface area contributed by atoms with E-state index in [2.05, 4.69) is 14.8 Å². The van der Waals surface area contributed by atoms with Gasteiger partial charge in [0.15, 0.2) is 0 Å². The lowest BCUT2D eigenvalue weighted by molar-refractivity contribution is 0.0485. The normalized spacial score (nSPS) is 23.4. The highest BCUT2D eigenvalue weighted by molar-refractivity contribution is 5.13. The van der Waals surface area contributed by atoms with Gasteiger partial charge in [-0.1, -0.05) is 6.42 Å². The molecule has 2 aliphatic heterocycles. The number of fused-ring (bicyclic) bond motifs is 1. The molecule has 0 unspecified atom stereocenters. The van der Waals surface area contributed by atoms with E-state index >= 15 is 0 Å². The predicted molar refractivity (Wildman–Crippen MR) is 68.4 cm³/mol. The van der Waals surface area contributed by atoms with E-state index in [1.807, 2.05) is 0 Å². The highest BCUT2D eigenvalue weighted by Crippen LogP contribution is 2.33. The van der Waals surface area contributed by atoms with Crippen LogP contribution in [0.5, 0.6) is 0 Å². The van der Waals surface area contributed by atoms with Crippen molar-refractivity contribution in [2.45, 2.75) is 50.5 Å². The number of rotatable bonds is 2. The quantitative estimate of drug-likeness (QED) is 0.850. The van der Waals surface area contributed by atoms with Crippen molar-refractivity contribution in [3.8, 4) is 0 Å². The van der Waals surface area contributed by atoms with Gasteiger partial charge in [-0.25, -0.2) is 0 Å². The van der Waals surface area contributed by atoms with Gasteiger partial charge >= 0.3 is 0 Å². The summed E-state index contributed by atoms with van der Waals surface area (Å²) in [5.41, 5.74) is 6.06. The summed E-state index contributed by atoms with van der Waals surface area (Å²) in [5.74, 6) is 2.27. The average Bonchev–Trinajstić information content (AvgIpc) is 2.69. The smallest absolute Gasteiger partial charge is 0.140 e. The van der Waals surface area contributed by atoms with E-state index in [4.69, 9.17) is 10.5 Å². The molecular formula is C13H22N4O. The highest BCUT2D eigenvalue weighted by atomic mass is 16.5. The number of hydrogen-bond donors (Lipinski definition) is 1. The van der Waals surface area contributed by atoms with Crippen molar-refractivity contribution in [3.63, 3.8) is 0 Å². The van der Waals surface area contributed by atoms with Crippen LogP contribution in [0.2, 0.25) is 0 Å². The van der Waals surface area contributed by atoms with Gasteiger partial charge < -0.3 is 15.0 Å². The molecule has 2 N–H and O–H groups in total. The molecule has 1 aromatic rings. The monoisotopic (exact) mass is 250 g/mol. The number of nitrogens with zero attached hydrogens (tertiary/aromatic N) is 3. The largest absolute Gasteiger partial charge is 0.381 e. The van der Waals surface area contributed by atoms with Crippen LogP contribution in [-0.2, 0) is 23.1 Å². The molecule has 0 atom stereocenters. The molecule has 2 aliphatic rings. The maximum Gasteiger partial charge on any atom is 0.140 e. The van der Waals surface area contributed by atoms with E-state index in [1.165, 1.54) is 19.3 Å². The van der Waals surface area contributed by atoms with E-state index in [-0.39, 0.29) is 5.41 Å². The van der Waals surface area contributed by atoms with Crippen LogP contribution in [0, 0.1) is 0 Å². The SMILES string of the molecule is NCC1(c2nnc3n2CCCCC3)CCOCC1. The molecule has 18 heavy (non-hydrogen) atoms. The number of nitrogens with two attached hydrogens (primary N) is 1. The summed E-state index contributed by atoms with van der Waals surface area (Å²) in [6.07, 6.45) is 6.76. The first-order valence-electron chi connectivity index (χ1n) is 7.06. The summed E-state index contributed by atoms with van der Waals surface area (Å²) >= 11 is 0. The highest BCUT2D eigenvalue weighted by Gasteiger charge is 2.38. The van der Waals surface area contributed by atoms with Gasteiger partial charge in [0, 0.05) is 38.1 Å². The molecule has 0 radical (unpaired) electrons. The topological polar surface area (TPSA) is 66.0 Å². The van der Waals surface area contributed by atoms with Gasteiger partial charge in [-0.15, -0.1) is 10.2 Å². The van der Waals surface area contributed by atoms with Crippen molar-refractivity contribution in [3.05, 3.63) is 11.6 Å². The molecule has 0 spiro atoms. The third-order valence-electron chi connectivity index (χ3n) is 4.42. The molecule has 1 aromatic heterocycles. The second-order valence-electron chi connectivity index (χ2n) is 5.50. The third kappa shape index (κ3) is 1.95. The lowest BCUT2D eigenvalue weighted by atomic mass is 9.79. The maximum absolute atomic E-state index is 6.06. The molecule has 0 saturated carbocycles. The second-order valence-corrected chi connectivity index (χ2v) is 5.50. The van der Waals surface area contributed by atoms with Gasteiger partial charge in [0.05, 0.1) is 0 Å². The van der Waals surface area contributed by atoms with Gasteiger partial charge in [0.2, 0.25) is 0 Å². The molecule has 0 aromatic carbocycles. The summed E-state index contributed by atoms with van der Waals surface area (Å²) in [6.45, 7) is 3.29. The first kappa shape index (κ1) is 12.1. The van der Waals surface area contributed by atoms with Crippen molar-refractivity contribution < 1.29 is 4.74 Å². The van der Waals surface area contributed by atoms with Crippen LogP contribution < -0.4 is 5.73 Å². The Morgan fingerprint density at radius 1 is 1.17 bits per heavy atom. The van der Waals surface area contributed by atoms with Gasteiger partial charge in [0.25, 0.3) is 0 Å². The van der Waals surface area contributed by atoms with Gasteiger partial charge in [-0.05, 0) is 25.7 Å². The van der Waals surface area contributed by atoms with Crippen LogP contribution in [0.15, 0.2) is 0 Å². The molecule has 5 heteroatoms. The van der Waals surface area contributed by atoms with E-state index in [0.717, 1.165) is 50.7 Å². The van der Waals surface area contributed by atoms with E-state index in [9.17, 15) is 0 Å². The molecular weight excluding hydrogens is 228 g/mol. The van der Waals surface area contributed by atoms with Crippen molar-refractivity contribution in [2.24, 2.45) is 5.73 Å². The number of aromatic nitrogens is 3. The third-order valence-corrected chi connectivity index (χ3v) is 4.42. The first-order chi connectivity index (χ1) is 8.86.